The third-order valence-corrected chi connectivity index (χ3v) is 5.26. The number of ether oxygens (including phenoxy) is 4. The van der Waals surface area contributed by atoms with E-state index in [1.807, 2.05) is 36.4 Å². The first-order valence-electron chi connectivity index (χ1n) is 10.1. The van der Waals surface area contributed by atoms with Gasteiger partial charge in [0.1, 0.15) is 13.2 Å². The maximum atomic E-state index is 11.7. The van der Waals surface area contributed by atoms with Crippen molar-refractivity contribution in [3.63, 3.8) is 0 Å². The van der Waals surface area contributed by atoms with Crippen molar-refractivity contribution in [1.82, 2.24) is 0 Å². The number of benzene rings is 2. The topological polar surface area (TPSA) is 71.1 Å². The molecule has 156 valence electrons. The van der Waals surface area contributed by atoms with Crippen molar-refractivity contribution in [3.8, 4) is 0 Å². The second kappa shape index (κ2) is 9.69. The maximum Gasteiger partial charge on any atom is 0.331 e. The van der Waals surface area contributed by atoms with Crippen molar-refractivity contribution < 1.29 is 28.5 Å². The molecule has 0 saturated carbocycles. The molecule has 0 amide bonds. The average Bonchev–Trinajstić information content (AvgIpc) is 2.72. The van der Waals surface area contributed by atoms with Gasteiger partial charge < -0.3 is 18.9 Å². The summed E-state index contributed by atoms with van der Waals surface area (Å²) in [6.45, 7) is 0.885. The molecule has 0 spiro atoms. The molecule has 0 N–H and O–H groups in total. The lowest BCUT2D eigenvalue weighted by Crippen LogP contribution is -2.22. The van der Waals surface area contributed by atoms with Crippen LogP contribution in [0.1, 0.15) is 34.5 Å². The number of hydrogen-bond acceptors (Lipinski definition) is 6. The Morgan fingerprint density at radius 3 is 1.57 bits per heavy atom. The van der Waals surface area contributed by atoms with Crippen LogP contribution in [0.15, 0.2) is 60.7 Å². The van der Waals surface area contributed by atoms with Crippen LogP contribution in [-0.2, 0) is 41.4 Å². The molecule has 4 rings (SSSR count). The molecule has 0 saturated heterocycles. The molecule has 0 fully saturated rings. The highest BCUT2D eigenvalue weighted by molar-refractivity contribution is 5.91. The lowest BCUT2D eigenvalue weighted by atomic mass is 9.85. The standard InChI is InChI=1S/C24H24O6/c25-23(29-13-11-27-21-15-17-5-1-3-7-19(17)21)9-10-24(26)30-14-12-28-22-16-18-6-2-4-8-20(18)22/h1-10,21-22H,11-16H2/b10-9-. The van der Waals surface area contributed by atoms with Crippen LogP contribution in [0.25, 0.3) is 0 Å². The minimum Gasteiger partial charge on any atom is -0.460 e. The number of carbonyl (C=O) groups excluding carboxylic acids is 2. The van der Waals surface area contributed by atoms with E-state index in [-0.39, 0.29) is 25.4 Å². The van der Waals surface area contributed by atoms with Crippen molar-refractivity contribution in [3.05, 3.63) is 82.9 Å². The molecule has 2 aromatic carbocycles. The fourth-order valence-electron chi connectivity index (χ4n) is 3.62. The van der Waals surface area contributed by atoms with Gasteiger partial charge in [-0.2, -0.15) is 0 Å². The zero-order valence-electron chi connectivity index (χ0n) is 16.6. The van der Waals surface area contributed by atoms with Crippen LogP contribution in [0.4, 0.5) is 0 Å². The smallest absolute Gasteiger partial charge is 0.331 e. The highest BCUT2D eigenvalue weighted by atomic mass is 16.6. The van der Waals surface area contributed by atoms with Crippen LogP contribution in [0.5, 0.6) is 0 Å². The maximum absolute atomic E-state index is 11.7. The number of hydrogen-bond donors (Lipinski definition) is 0. The van der Waals surface area contributed by atoms with Crippen molar-refractivity contribution in [2.75, 3.05) is 26.4 Å². The lowest BCUT2D eigenvalue weighted by molar-refractivity contribution is -0.142. The summed E-state index contributed by atoms with van der Waals surface area (Å²) < 4.78 is 21.4. The molecule has 0 aromatic heterocycles. The molecule has 0 radical (unpaired) electrons. The Kier molecular flexibility index (Phi) is 6.57. The van der Waals surface area contributed by atoms with E-state index in [0.29, 0.717) is 13.2 Å². The minimum absolute atomic E-state index is 0.0704. The van der Waals surface area contributed by atoms with Gasteiger partial charge in [-0.15, -0.1) is 0 Å². The van der Waals surface area contributed by atoms with Crippen LogP contribution in [0.2, 0.25) is 0 Å². The average molecular weight is 408 g/mol. The molecule has 2 aliphatic rings. The largest absolute Gasteiger partial charge is 0.460 e. The lowest BCUT2D eigenvalue weighted by Gasteiger charge is -2.29. The fraction of sp³-hybridized carbons (Fsp3) is 0.333. The predicted molar refractivity (Wildman–Crippen MR) is 109 cm³/mol. The van der Waals surface area contributed by atoms with E-state index in [1.54, 1.807) is 0 Å². The highest BCUT2D eigenvalue weighted by Gasteiger charge is 2.26. The summed E-state index contributed by atoms with van der Waals surface area (Å²) in [5.41, 5.74) is 4.97. The van der Waals surface area contributed by atoms with E-state index in [4.69, 9.17) is 18.9 Å². The summed E-state index contributed by atoms with van der Waals surface area (Å²) in [6.07, 6.45) is 4.02. The Morgan fingerprint density at radius 1 is 0.700 bits per heavy atom. The molecule has 6 heteroatoms. The van der Waals surface area contributed by atoms with Gasteiger partial charge in [0.15, 0.2) is 0 Å². The molecular weight excluding hydrogens is 384 g/mol. The van der Waals surface area contributed by atoms with Crippen molar-refractivity contribution in [2.45, 2.75) is 25.0 Å². The molecule has 2 aliphatic carbocycles. The molecular formula is C24H24O6. The SMILES string of the molecule is O=C(/C=C\C(=O)OCCOC1Cc2ccccc21)OCCOC1Cc2ccccc21. The third kappa shape index (κ3) is 4.96. The van der Waals surface area contributed by atoms with Gasteiger partial charge in [0.2, 0.25) is 0 Å². The van der Waals surface area contributed by atoms with Gasteiger partial charge in [-0.25, -0.2) is 9.59 Å². The van der Waals surface area contributed by atoms with Crippen LogP contribution < -0.4 is 0 Å². The van der Waals surface area contributed by atoms with Crippen LogP contribution in [0.3, 0.4) is 0 Å². The molecule has 0 aliphatic heterocycles. The van der Waals surface area contributed by atoms with E-state index in [0.717, 1.165) is 25.0 Å². The van der Waals surface area contributed by atoms with Gasteiger partial charge in [0, 0.05) is 25.0 Å². The second-order valence-corrected chi connectivity index (χ2v) is 7.19. The van der Waals surface area contributed by atoms with Gasteiger partial charge in [0.25, 0.3) is 0 Å². The van der Waals surface area contributed by atoms with Gasteiger partial charge in [-0.3, -0.25) is 0 Å². The van der Waals surface area contributed by atoms with Crippen LogP contribution >= 0.6 is 0 Å². The Bertz CT molecular complexity index is 859. The van der Waals surface area contributed by atoms with E-state index in [9.17, 15) is 9.59 Å². The number of rotatable bonds is 10. The second-order valence-electron chi connectivity index (χ2n) is 7.19. The van der Waals surface area contributed by atoms with Gasteiger partial charge >= 0.3 is 11.9 Å². The number of esters is 2. The summed E-state index contributed by atoms with van der Waals surface area (Å²) in [7, 11) is 0. The molecule has 0 bridgehead atoms. The van der Waals surface area contributed by atoms with Crippen molar-refractivity contribution >= 4 is 11.9 Å². The Balaban J connectivity index is 1.04. The fourth-order valence-corrected chi connectivity index (χ4v) is 3.62. The van der Waals surface area contributed by atoms with Gasteiger partial charge in [-0.1, -0.05) is 48.5 Å². The van der Waals surface area contributed by atoms with Crippen molar-refractivity contribution in [2.24, 2.45) is 0 Å². The molecule has 2 atom stereocenters. The molecule has 0 heterocycles. The van der Waals surface area contributed by atoms with Crippen LogP contribution in [0, 0.1) is 0 Å². The first kappa shape index (κ1) is 20.3. The Morgan fingerprint density at radius 2 is 1.13 bits per heavy atom. The normalized spacial score (nSPS) is 18.7. The minimum atomic E-state index is -0.605. The zero-order valence-corrected chi connectivity index (χ0v) is 16.6. The third-order valence-electron chi connectivity index (χ3n) is 5.26. The quantitative estimate of drug-likeness (QED) is 0.341. The molecule has 6 nitrogen and oxygen atoms in total. The number of carbonyl (C=O) groups is 2. The molecule has 2 aromatic rings. The predicted octanol–water partition coefficient (Wildman–Crippen LogP) is 3.26. The van der Waals surface area contributed by atoms with Crippen molar-refractivity contribution in [1.29, 1.82) is 0 Å². The van der Waals surface area contributed by atoms with Gasteiger partial charge in [-0.05, 0) is 22.3 Å². The summed E-state index contributed by atoms with van der Waals surface area (Å²) >= 11 is 0. The molecule has 2 unspecified atom stereocenters. The zero-order chi connectivity index (χ0) is 20.8. The summed E-state index contributed by atoms with van der Waals surface area (Å²) in [5, 5.41) is 0. The first-order chi connectivity index (χ1) is 14.7. The number of fused-ring (bicyclic) bond motifs is 2. The Hall–Kier alpha value is -2.96. The molecule has 30 heavy (non-hydrogen) atoms. The van der Waals surface area contributed by atoms with Crippen LogP contribution in [-0.4, -0.2) is 38.4 Å². The summed E-state index contributed by atoms with van der Waals surface area (Å²) in [4.78, 5) is 23.3. The summed E-state index contributed by atoms with van der Waals surface area (Å²) in [5.74, 6) is -1.21. The Labute approximate surface area is 175 Å². The summed E-state index contributed by atoms with van der Waals surface area (Å²) in [6, 6.07) is 16.2. The monoisotopic (exact) mass is 408 g/mol. The van der Waals surface area contributed by atoms with Gasteiger partial charge in [0.05, 0.1) is 25.4 Å². The van der Waals surface area contributed by atoms with E-state index >= 15 is 0 Å². The first-order valence-corrected chi connectivity index (χ1v) is 10.1. The highest BCUT2D eigenvalue weighted by Crippen LogP contribution is 2.36. The van der Waals surface area contributed by atoms with E-state index in [1.165, 1.54) is 22.3 Å². The van der Waals surface area contributed by atoms with E-state index < -0.39 is 11.9 Å². The van der Waals surface area contributed by atoms with E-state index in [2.05, 4.69) is 12.1 Å².